The Kier molecular flexibility index (Phi) is 2.86. The zero-order valence-electron chi connectivity index (χ0n) is 11.8. The van der Waals surface area contributed by atoms with Crippen LogP contribution in [-0.2, 0) is 0 Å². The van der Waals surface area contributed by atoms with Crippen molar-refractivity contribution in [2.75, 3.05) is 5.73 Å². The first-order valence-electron chi connectivity index (χ1n) is 7.07. The molecule has 0 atom stereocenters. The molecule has 2 N–H and O–H groups in total. The number of hydrogen-bond donors (Lipinski definition) is 1. The van der Waals surface area contributed by atoms with Gasteiger partial charge in [-0.05, 0) is 41.1 Å². The third kappa shape index (κ3) is 2.11. The van der Waals surface area contributed by atoms with Crippen molar-refractivity contribution in [1.29, 1.82) is 0 Å². The smallest absolute Gasteiger partial charge is 0.0944 e. The standard InChI is InChI=1S/C18H14N4/c19-16-7-9-17(10-8-16)22-18(12-20-21-22)15-6-5-13-3-1-2-4-14(13)11-15/h1-12H,19H2. The Morgan fingerprint density at radius 2 is 1.59 bits per heavy atom. The number of aromatic nitrogens is 3. The van der Waals surface area contributed by atoms with Crippen molar-refractivity contribution < 1.29 is 0 Å². The molecule has 0 fully saturated rings. The van der Waals surface area contributed by atoms with Gasteiger partial charge in [0.25, 0.3) is 0 Å². The number of nitrogens with two attached hydrogens (primary N) is 1. The zero-order valence-corrected chi connectivity index (χ0v) is 11.8. The lowest BCUT2D eigenvalue weighted by atomic mass is 10.1. The SMILES string of the molecule is Nc1ccc(-n2nncc2-c2ccc3ccccc3c2)cc1. The third-order valence-electron chi connectivity index (χ3n) is 3.73. The Hall–Kier alpha value is -3.14. The first-order valence-corrected chi connectivity index (χ1v) is 7.07. The lowest BCUT2D eigenvalue weighted by molar-refractivity contribution is 0.808. The molecule has 0 radical (unpaired) electrons. The van der Waals surface area contributed by atoms with E-state index in [1.54, 1.807) is 6.20 Å². The maximum absolute atomic E-state index is 5.75. The summed E-state index contributed by atoms with van der Waals surface area (Å²) in [6.45, 7) is 0. The molecule has 4 nitrogen and oxygen atoms in total. The van der Waals surface area contributed by atoms with E-state index in [1.165, 1.54) is 10.8 Å². The van der Waals surface area contributed by atoms with E-state index in [-0.39, 0.29) is 0 Å². The number of rotatable bonds is 2. The topological polar surface area (TPSA) is 56.7 Å². The van der Waals surface area contributed by atoms with Crippen LogP contribution >= 0.6 is 0 Å². The minimum absolute atomic E-state index is 0.733. The molecule has 0 aliphatic carbocycles. The number of nitrogens with zero attached hydrogens (tertiary/aromatic N) is 3. The average Bonchev–Trinajstić information content (AvgIpc) is 3.05. The van der Waals surface area contributed by atoms with Crippen molar-refractivity contribution in [1.82, 2.24) is 15.0 Å². The van der Waals surface area contributed by atoms with E-state index in [2.05, 4.69) is 40.6 Å². The lowest BCUT2D eigenvalue weighted by Gasteiger charge is -2.07. The van der Waals surface area contributed by atoms with Crippen LogP contribution in [0.4, 0.5) is 5.69 Å². The van der Waals surface area contributed by atoms with Crippen molar-refractivity contribution in [3.8, 4) is 16.9 Å². The summed E-state index contributed by atoms with van der Waals surface area (Å²) in [6, 6.07) is 22.3. The molecule has 0 aliphatic heterocycles. The molecule has 0 saturated carbocycles. The fraction of sp³-hybridized carbons (Fsp3) is 0. The number of benzene rings is 3. The summed E-state index contributed by atoms with van der Waals surface area (Å²) in [5.41, 5.74) is 9.46. The molecule has 0 saturated heterocycles. The van der Waals surface area contributed by atoms with E-state index < -0.39 is 0 Å². The highest BCUT2D eigenvalue weighted by Crippen LogP contribution is 2.25. The second-order valence-corrected chi connectivity index (χ2v) is 5.18. The minimum Gasteiger partial charge on any atom is -0.399 e. The Balaban J connectivity index is 1.85. The summed E-state index contributed by atoms with van der Waals surface area (Å²) in [4.78, 5) is 0. The minimum atomic E-state index is 0.733. The first kappa shape index (κ1) is 12.6. The van der Waals surface area contributed by atoms with Crippen LogP contribution in [0.2, 0.25) is 0 Å². The number of anilines is 1. The van der Waals surface area contributed by atoms with Crippen LogP contribution in [0.15, 0.2) is 72.9 Å². The van der Waals surface area contributed by atoms with E-state index >= 15 is 0 Å². The maximum atomic E-state index is 5.75. The molecule has 4 heteroatoms. The molecule has 1 aromatic heterocycles. The molecule has 1 heterocycles. The fourth-order valence-electron chi connectivity index (χ4n) is 2.59. The number of nitrogen functional groups attached to an aromatic ring is 1. The van der Waals surface area contributed by atoms with Gasteiger partial charge in [0.1, 0.15) is 0 Å². The van der Waals surface area contributed by atoms with Gasteiger partial charge >= 0.3 is 0 Å². The average molecular weight is 286 g/mol. The van der Waals surface area contributed by atoms with Gasteiger partial charge in [-0.15, -0.1) is 5.10 Å². The summed E-state index contributed by atoms with van der Waals surface area (Å²) in [6.07, 6.45) is 1.78. The summed E-state index contributed by atoms with van der Waals surface area (Å²) < 4.78 is 1.82. The van der Waals surface area contributed by atoms with E-state index in [0.717, 1.165) is 22.6 Å². The first-order chi connectivity index (χ1) is 10.8. The Bertz CT molecular complexity index is 939. The van der Waals surface area contributed by atoms with Gasteiger partial charge in [0.2, 0.25) is 0 Å². The molecule has 22 heavy (non-hydrogen) atoms. The Morgan fingerprint density at radius 1 is 0.818 bits per heavy atom. The van der Waals surface area contributed by atoms with Crippen LogP contribution < -0.4 is 5.73 Å². The Morgan fingerprint density at radius 3 is 2.41 bits per heavy atom. The van der Waals surface area contributed by atoms with Crippen LogP contribution in [0.1, 0.15) is 0 Å². The van der Waals surface area contributed by atoms with Gasteiger partial charge < -0.3 is 5.73 Å². The third-order valence-corrected chi connectivity index (χ3v) is 3.73. The highest BCUT2D eigenvalue weighted by molar-refractivity contribution is 5.86. The van der Waals surface area contributed by atoms with Gasteiger partial charge in [0, 0.05) is 11.3 Å². The molecule has 4 rings (SSSR count). The van der Waals surface area contributed by atoms with E-state index in [0.29, 0.717) is 0 Å². The molecule has 0 spiro atoms. The molecule has 4 aromatic rings. The molecule has 106 valence electrons. The molecule has 0 aliphatic rings. The van der Waals surface area contributed by atoms with Crippen molar-refractivity contribution >= 4 is 16.5 Å². The van der Waals surface area contributed by atoms with Crippen molar-refractivity contribution in [3.05, 3.63) is 72.9 Å². The van der Waals surface area contributed by atoms with Crippen LogP contribution in [0.25, 0.3) is 27.7 Å². The molecular weight excluding hydrogens is 272 g/mol. The van der Waals surface area contributed by atoms with Gasteiger partial charge in [0.15, 0.2) is 0 Å². The molecule has 0 unspecified atom stereocenters. The maximum Gasteiger partial charge on any atom is 0.0944 e. The summed E-state index contributed by atoms with van der Waals surface area (Å²) >= 11 is 0. The quantitative estimate of drug-likeness (QED) is 0.572. The van der Waals surface area contributed by atoms with Gasteiger partial charge in [-0.3, -0.25) is 0 Å². The molecule has 0 amide bonds. The summed E-state index contributed by atoms with van der Waals surface area (Å²) in [5.74, 6) is 0. The zero-order chi connectivity index (χ0) is 14.9. The van der Waals surface area contributed by atoms with Gasteiger partial charge in [-0.2, -0.15) is 0 Å². The van der Waals surface area contributed by atoms with Crippen LogP contribution in [-0.4, -0.2) is 15.0 Å². The highest BCUT2D eigenvalue weighted by atomic mass is 15.4. The second-order valence-electron chi connectivity index (χ2n) is 5.18. The van der Waals surface area contributed by atoms with E-state index in [4.69, 9.17) is 5.73 Å². The van der Waals surface area contributed by atoms with Gasteiger partial charge in [-0.1, -0.05) is 41.6 Å². The summed E-state index contributed by atoms with van der Waals surface area (Å²) in [7, 11) is 0. The van der Waals surface area contributed by atoms with E-state index in [1.807, 2.05) is 41.1 Å². The predicted octanol–water partition coefficient (Wildman–Crippen LogP) is 3.67. The van der Waals surface area contributed by atoms with Crippen LogP contribution in [0.5, 0.6) is 0 Å². The normalized spacial score (nSPS) is 10.9. The van der Waals surface area contributed by atoms with Gasteiger partial charge in [0.05, 0.1) is 17.6 Å². The van der Waals surface area contributed by atoms with Gasteiger partial charge in [-0.25, -0.2) is 4.68 Å². The van der Waals surface area contributed by atoms with Crippen LogP contribution in [0.3, 0.4) is 0 Å². The highest BCUT2D eigenvalue weighted by Gasteiger charge is 2.09. The Labute approximate surface area is 127 Å². The fourth-order valence-corrected chi connectivity index (χ4v) is 2.59. The molecule has 3 aromatic carbocycles. The lowest BCUT2D eigenvalue weighted by Crippen LogP contribution is -1.99. The van der Waals surface area contributed by atoms with Crippen molar-refractivity contribution in [2.24, 2.45) is 0 Å². The molecule has 0 bridgehead atoms. The summed E-state index contributed by atoms with van der Waals surface area (Å²) in [5, 5.41) is 10.7. The largest absolute Gasteiger partial charge is 0.399 e. The monoisotopic (exact) mass is 286 g/mol. The number of hydrogen-bond acceptors (Lipinski definition) is 3. The van der Waals surface area contributed by atoms with Crippen LogP contribution in [0, 0.1) is 0 Å². The van der Waals surface area contributed by atoms with Crippen molar-refractivity contribution in [2.45, 2.75) is 0 Å². The van der Waals surface area contributed by atoms with E-state index in [9.17, 15) is 0 Å². The molecular formula is C18H14N4. The van der Waals surface area contributed by atoms with Crippen molar-refractivity contribution in [3.63, 3.8) is 0 Å². The second kappa shape index (κ2) is 5.00. The predicted molar refractivity (Wildman–Crippen MR) is 88.7 cm³/mol. The number of fused-ring (bicyclic) bond motifs is 1.